The van der Waals surface area contributed by atoms with E-state index in [0.717, 1.165) is 201 Å². The van der Waals surface area contributed by atoms with Crippen molar-refractivity contribution < 1.29 is 93.4 Å². The average molecular weight is 2090 g/mol. The number of nitrogens with one attached hydrogen (secondary N) is 6. The van der Waals surface area contributed by atoms with E-state index in [9.17, 15) is 60.2 Å². The van der Waals surface area contributed by atoms with E-state index in [4.69, 9.17) is 33.2 Å². The molecular weight excluding hydrogens is 1960 g/mol. The summed E-state index contributed by atoms with van der Waals surface area (Å²) in [4.78, 5) is 70.1. The van der Waals surface area contributed by atoms with Crippen molar-refractivity contribution in [1.82, 2.24) is 0 Å². The Balaban J connectivity index is 0.000000211. The van der Waals surface area contributed by atoms with Crippen LogP contribution in [0.3, 0.4) is 0 Å². The lowest BCUT2D eigenvalue weighted by Gasteiger charge is -2.17. The number of halogens is 6. The van der Waals surface area contributed by atoms with E-state index in [1.54, 1.807) is 110 Å². The fraction of sp³-hybridized carbons (Fsp3) is 0.304. The van der Waals surface area contributed by atoms with Crippen molar-refractivity contribution in [3.05, 3.63) is 345 Å². The quantitative estimate of drug-likeness (QED) is 0.0215. The molecule has 1 aliphatic rings. The van der Waals surface area contributed by atoms with Gasteiger partial charge in [-0.3, -0.25) is 28.8 Å². The van der Waals surface area contributed by atoms with Crippen LogP contribution in [0, 0.1) is 132 Å². The van der Waals surface area contributed by atoms with Crippen molar-refractivity contribution in [2.45, 2.75) is 182 Å². The van der Waals surface area contributed by atoms with Crippen LogP contribution in [0.1, 0.15) is 161 Å². The first-order valence-electron chi connectivity index (χ1n) is 46.0. The van der Waals surface area contributed by atoms with Crippen LogP contribution >= 0.6 is 70.6 Å². The molecule has 0 bridgehead atoms. The molecule has 1 aliphatic carbocycles. The number of aliphatic hydroxyl groups excluding tert-OH is 1. The highest BCUT2D eigenvalue weighted by molar-refractivity contribution is 8.14. The fourth-order valence-corrected chi connectivity index (χ4v) is 15.5. The Bertz CT molecular complexity index is 6260. The van der Waals surface area contributed by atoms with Crippen molar-refractivity contribution in [2.75, 3.05) is 76.0 Å². The topological polar surface area (TPSA) is 259 Å². The number of carbonyl (C=O) groups is 6. The van der Waals surface area contributed by atoms with Crippen molar-refractivity contribution in [2.24, 2.45) is 0 Å². The van der Waals surface area contributed by atoms with E-state index in [1.807, 2.05) is 178 Å². The first kappa shape index (κ1) is 117. The summed E-state index contributed by atoms with van der Waals surface area (Å²) in [6.07, 6.45) is 13.3. The largest absolute Gasteiger partial charge is 0.493 e. The number of aliphatic hydroxyl groups is 1. The number of hydrogen-bond donors (Lipinski definition) is 7. The second-order valence-corrected chi connectivity index (χ2v) is 38.3. The lowest BCUT2D eigenvalue weighted by atomic mass is 10.0. The van der Waals surface area contributed by atoms with E-state index >= 15 is 0 Å². The summed E-state index contributed by atoms with van der Waals surface area (Å²) >= 11 is 6.57. The van der Waals surface area contributed by atoms with E-state index < -0.39 is 11.6 Å². The maximum atomic E-state index is 14.2. The number of rotatable bonds is 29. The van der Waals surface area contributed by atoms with Gasteiger partial charge in [0.15, 0.2) is 69.4 Å². The van der Waals surface area contributed by atoms with Gasteiger partial charge in [0.05, 0.1) is 24.5 Å². The third kappa shape index (κ3) is 35.0. The lowest BCUT2D eigenvalue weighted by Crippen LogP contribution is -2.10. The highest BCUT2D eigenvalue weighted by atomic mass is 32.2. The molecule has 0 aliphatic heterocycles. The van der Waals surface area contributed by atoms with Gasteiger partial charge in [0.2, 0.25) is 0 Å². The smallest absolute Gasteiger partial charge is 0.283 e. The monoisotopic (exact) mass is 2080 g/mol. The molecule has 0 atom stereocenters. The third-order valence-electron chi connectivity index (χ3n) is 23.6. The standard InChI is InChI=1S/C20H22FNO2S.C19H22FNO3S.C19H22FNO2S.C18H20FNO3S.2C18H20FNO2S/c1-12-9-17(21)19(10-13(12)2)24-11-16-15(14-7-8-14)5-4-6-18(16)22-20(23)25-3;1-5-23-17-8-6-7-16(21-19(22)25-4)14(17)11-24-18-10-13(3)12(2)9-15(18)20;1-5-14-7-6-8-17(21-19(22)24-4)15(14)11-23-18-10-13(3)12(2)9-16(18)20;1-11-7-15(19)17(8-12(11)2)23-10-14-13(9-21)5-4-6-16(14)20-18(22)24-3;2*1-11-6-5-7-16(20-18(21)23-4)14(11)10-22-17-9-13(3)12(2)8-15(17)19/h4-6,9-10,14H,7-8,11H2,1-3H3,(H,22,23);6-10H,5,11H2,1-4H3,(H,21,22);6-10H,5,11H2,1-4H3,(H,21,22);4-8,21H,9-10H2,1-3H3,(H,20,22);2*5-9H,10H2,1-4H3,(H,20,21). The first-order valence-corrected chi connectivity index (χ1v) is 53.4. The molecule has 0 radical (unpaired) electrons. The van der Waals surface area contributed by atoms with E-state index in [0.29, 0.717) is 63.4 Å². The summed E-state index contributed by atoms with van der Waals surface area (Å²) in [5.74, 6) is 0.0145. The van der Waals surface area contributed by atoms with Crippen LogP contribution in [-0.4, -0.2) is 80.7 Å². The third-order valence-corrected chi connectivity index (χ3v) is 26.5. The van der Waals surface area contributed by atoms with Crippen LogP contribution in [0.2, 0.25) is 0 Å². The van der Waals surface area contributed by atoms with Crippen LogP contribution in [0.5, 0.6) is 40.2 Å². The SMILES string of the molecule is CCOc1cccc(NC(=O)SC)c1COc1cc(C)c(C)cc1F.CCc1cccc(NC(=O)SC)c1COc1cc(C)c(C)cc1F.CSC(=O)Nc1cccc(C)c1COc1cc(C)c(C)cc1F.CSC(=O)Nc1cccc(C)c1COc1cc(C)c(C)cc1F.CSC(=O)Nc1cccc(C2CC2)c1COc1cc(C)c(C)cc1F.CSC(=O)Nc1cccc(CO)c1COc1cc(C)c(C)cc1F. The van der Waals surface area contributed by atoms with Gasteiger partial charge >= 0.3 is 0 Å². The zero-order chi connectivity index (χ0) is 106. The van der Waals surface area contributed by atoms with Crippen LogP contribution in [0.25, 0.3) is 0 Å². The molecular formula is C112H126F6N6O14S6. The molecule has 0 heterocycles. The van der Waals surface area contributed by atoms with Gasteiger partial charge < -0.3 is 70.2 Å². The van der Waals surface area contributed by atoms with E-state index in [-0.39, 0.29) is 135 Å². The summed E-state index contributed by atoms with van der Waals surface area (Å²) in [6, 6.07) is 52.4. The summed E-state index contributed by atoms with van der Waals surface area (Å²) in [6.45, 7) is 31.6. The molecule has 12 aromatic rings. The summed E-state index contributed by atoms with van der Waals surface area (Å²) in [5.41, 5.74) is 24.7. The predicted molar refractivity (Wildman–Crippen MR) is 583 cm³/mol. The minimum atomic E-state index is -0.436. The molecule has 32 heteroatoms. The van der Waals surface area contributed by atoms with Gasteiger partial charge in [-0.05, 0) is 376 Å². The minimum Gasteiger partial charge on any atom is -0.493 e. The predicted octanol–water partition coefficient (Wildman–Crippen LogP) is 31.4. The fourth-order valence-electron chi connectivity index (χ4n) is 14.2. The van der Waals surface area contributed by atoms with Crippen LogP contribution in [0.15, 0.2) is 182 Å². The van der Waals surface area contributed by atoms with Crippen molar-refractivity contribution >= 4 is 136 Å². The molecule has 12 aromatic carbocycles. The Morgan fingerprint density at radius 1 is 0.271 bits per heavy atom. The second kappa shape index (κ2) is 58.0. The summed E-state index contributed by atoms with van der Waals surface area (Å²) in [7, 11) is 0. The second-order valence-electron chi connectivity index (χ2n) is 33.6. The molecule has 144 heavy (non-hydrogen) atoms. The average Bonchev–Trinajstić information content (AvgIpc) is 1.64. The van der Waals surface area contributed by atoms with E-state index in [2.05, 4.69) is 38.0 Å². The van der Waals surface area contributed by atoms with Gasteiger partial charge in [-0.2, -0.15) is 0 Å². The number of aryl methyl sites for hydroxylation is 15. The van der Waals surface area contributed by atoms with Crippen LogP contribution < -0.4 is 65.1 Å². The van der Waals surface area contributed by atoms with Gasteiger partial charge in [0.1, 0.15) is 45.4 Å². The van der Waals surface area contributed by atoms with Crippen LogP contribution in [-0.2, 0) is 52.7 Å². The zero-order valence-corrected chi connectivity index (χ0v) is 90.0. The van der Waals surface area contributed by atoms with Gasteiger partial charge in [-0.1, -0.05) is 144 Å². The molecule has 0 unspecified atom stereocenters. The molecule has 13 rings (SSSR count). The number of hydrogen-bond acceptors (Lipinski definition) is 20. The van der Waals surface area contributed by atoms with Gasteiger partial charge in [-0.15, -0.1) is 0 Å². The minimum absolute atomic E-state index is 0.0418. The molecule has 0 aromatic heterocycles. The molecule has 20 nitrogen and oxygen atoms in total. The van der Waals surface area contributed by atoms with Gasteiger partial charge in [0, 0.05) is 56.3 Å². The highest BCUT2D eigenvalue weighted by Gasteiger charge is 2.29. The maximum Gasteiger partial charge on any atom is 0.283 e. The Kier molecular flexibility index (Phi) is 47.1. The van der Waals surface area contributed by atoms with Crippen molar-refractivity contribution in [3.63, 3.8) is 0 Å². The van der Waals surface area contributed by atoms with Crippen LogP contribution in [0.4, 0.5) is 89.2 Å². The molecule has 0 spiro atoms. The Morgan fingerprint density at radius 3 is 0.764 bits per heavy atom. The number of carbonyl (C=O) groups excluding carboxylic acids is 6. The number of benzene rings is 12. The number of ether oxygens (including phenoxy) is 7. The van der Waals surface area contributed by atoms with Crippen molar-refractivity contribution in [3.8, 4) is 40.2 Å². The lowest BCUT2D eigenvalue weighted by molar-refractivity contribution is 0.264. The van der Waals surface area contributed by atoms with Gasteiger partial charge in [-0.25, -0.2) is 26.3 Å². The summed E-state index contributed by atoms with van der Waals surface area (Å²) in [5, 5.41) is 25.5. The molecule has 1 fully saturated rings. The highest BCUT2D eigenvalue weighted by Crippen LogP contribution is 2.45. The summed E-state index contributed by atoms with van der Waals surface area (Å²) < 4.78 is 124. The molecule has 7 N–H and O–H groups in total. The van der Waals surface area contributed by atoms with E-state index in [1.165, 1.54) is 42.0 Å². The van der Waals surface area contributed by atoms with Gasteiger partial charge in [0.25, 0.3) is 31.4 Å². The Labute approximate surface area is 866 Å². The number of thioether (sulfide) groups is 6. The molecule has 0 saturated heterocycles. The molecule has 766 valence electrons. The number of anilines is 6. The normalized spacial score (nSPS) is 11.0. The zero-order valence-electron chi connectivity index (χ0n) is 85.1. The Hall–Kier alpha value is -12.3. The first-order chi connectivity index (χ1) is 68.7. The molecule has 1 saturated carbocycles. The maximum absolute atomic E-state index is 14.2. The molecule has 6 amide bonds. The number of amides is 6. The van der Waals surface area contributed by atoms with Crippen molar-refractivity contribution in [1.29, 1.82) is 0 Å². The Morgan fingerprint density at radius 2 is 0.493 bits per heavy atom.